The summed E-state index contributed by atoms with van der Waals surface area (Å²) in [6, 6.07) is 6.31. The van der Waals surface area contributed by atoms with Crippen molar-refractivity contribution in [2.75, 3.05) is 7.05 Å². The van der Waals surface area contributed by atoms with Crippen LogP contribution in [0.25, 0.3) is 0 Å². The Morgan fingerprint density at radius 3 is 2.47 bits per heavy atom. The van der Waals surface area contributed by atoms with E-state index in [4.69, 9.17) is 23.2 Å². The summed E-state index contributed by atoms with van der Waals surface area (Å²) in [5.74, 6) is 0. The first-order valence-electron chi connectivity index (χ1n) is 7.16. The Hall–Kier alpha value is -0.240. The van der Waals surface area contributed by atoms with E-state index in [0.29, 0.717) is 16.5 Å². The molecule has 0 aliphatic heterocycles. The normalized spacial score (nSPS) is 20.2. The summed E-state index contributed by atoms with van der Waals surface area (Å²) in [5, 5.41) is 5.00. The van der Waals surface area contributed by atoms with Crippen LogP contribution in [-0.2, 0) is 6.42 Å². The van der Waals surface area contributed by atoms with Crippen LogP contribution in [0.5, 0.6) is 0 Å². The second-order valence-corrected chi connectivity index (χ2v) is 6.84. The van der Waals surface area contributed by atoms with Crippen LogP contribution in [0.1, 0.15) is 44.6 Å². The smallest absolute Gasteiger partial charge is 0.0453 e. The Bertz CT molecular complexity index is 425. The first-order chi connectivity index (χ1) is 9.05. The number of rotatable bonds is 4. The second kappa shape index (κ2) is 6.47. The summed E-state index contributed by atoms with van der Waals surface area (Å²) in [6.07, 6.45) is 7.68. The van der Waals surface area contributed by atoms with Crippen molar-refractivity contribution in [3.63, 3.8) is 0 Å². The lowest BCUT2D eigenvalue weighted by Crippen LogP contribution is -2.44. The van der Waals surface area contributed by atoms with E-state index < -0.39 is 0 Å². The minimum Gasteiger partial charge on any atom is -0.316 e. The standard InChI is InChI=1S/C16H23Cl2N/c1-16(8-4-3-5-9-16)15(19-2)10-12-6-7-13(17)11-14(12)18/h6-7,11,15,19H,3-5,8-10H2,1-2H3. The van der Waals surface area contributed by atoms with E-state index in [2.05, 4.69) is 25.4 Å². The highest BCUT2D eigenvalue weighted by Crippen LogP contribution is 2.40. The van der Waals surface area contributed by atoms with Gasteiger partial charge in [0.1, 0.15) is 0 Å². The van der Waals surface area contributed by atoms with Crippen molar-refractivity contribution in [3.8, 4) is 0 Å². The molecule has 3 heteroatoms. The van der Waals surface area contributed by atoms with Crippen LogP contribution < -0.4 is 5.32 Å². The van der Waals surface area contributed by atoms with E-state index in [-0.39, 0.29) is 0 Å². The molecule has 0 heterocycles. The maximum Gasteiger partial charge on any atom is 0.0453 e. The molecule has 0 amide bonds. The number of benzene rings is 1. The fourth-order valence-corrected chi connectivity index (χ4v) is 3.80. The van der Waals surface area contributed by atoms with Gasteiger partial charge in [0.2, 0.25) is 0 Å². The lowest BCUT2D eigenvalue weighted by molar-refractivity contribution is 0.149. The average molecular weight is 300 g/mol. The lowest BCUT2D eigenvalue weighted by Gasteiger charge is -2.41. The molecule has 1 nitrogen and oxygen atoms in total. The quantitative estimate of drug-likeness (QED) is 0.816. The van der Waals surface area contributed by atoms with Gasteiger partial charge in [-0.1, -0.05) is 55.5 Å². The third-order valence-corrected chi connectivity index (χ3v) is 5.21. The fraction of sp³-hybridized carbons (Fsp3) is 0.625. The van der Waals surface area contributed by atoms with Gasteiger partial charge in [-0.15, -0.1) is 0 Å². The number of halogens is 2. The monoisotopic (exact) mass is 299 g/mol. The minimum absolute atomic E-state index is 0.385. The first kappa shape index (κ1) is 15.2. The summed E-state index contributed by atoms with van der Waals surface area (Å²) < 4.78 is 0. The summed E-state index contributed by atoms with van der Waals surface area (Å²) in [4.78, 5) is 0. The van der Waals surface area contributed by atoms with E-state index >= 15 is 0 Å². The molecule has 2 rings (SSSR count). The Labute approximate surface area is 126 Å². The molecule has 0 bridgehead atoms. The molecule has 0 radical (unpaired) electrons. The third-order valence-electron chi connectivity index (χ3n) is 4.62. The maximum atomic E-state index is 6.30. The van der Waals surface area contributed by atoms with Gasteiger partial charge in [-0.05, 0) is 49.4 Å². The van der Waals surface area contributed by atoms with Crippen molar-refractivity contribution in [3.05, 3.63) is 33.8 Å². The molecule has 1 unspecified atom stereocenters. The molecular weight excluding hydrogens is 277 g/mol. The zero-order chi connectivity index (χ0) is 13.9. The van der Waals surface area contributed by atoms with Gasteiger partial charge in [0.15, 0.2) is 0 Å². The van der Waals surface area contributed by atoms with Gasteiger partial charge in [0, 0.05) is 16.1 Å². The summed E-state index contributed by atoms with van der Waals surface area (Å²) in [5.41, 5.74) is 1.58. The molecule has 1 fully saturated rings. The molecule has 0 aromatic heterocycles. The van der Waals surface area contributed by atoms with Crippen molar-refractivity contribution in [1.82, 2.24) is 5.32 Å². The van der Waals surface area contributed by atoms with Gasteiger partial charge in [0.05, 0.1) is 0 Å². The molecule has 1 N–H and O–H groups in total. The molecule has 1 aliphatic rings. The predicted octanol–water partition coefficient (Wildman–Crippen LogP) is 5.09. The molecule has 1 aromatic rings. The van der Waals surface area contributed by atoms with Crippen molar-refractivity contribution >= 4 is 23.2 Å². The van der Waals surface area contributed by atoms with Crippen LogP contribution in [0.4, 0.5) is 0 Å². The van der Waals surface area contributed by atoms with Gasteiger partial charge >= 0.3 is 0 Å². The highest BCUT2D eigenvalue weighted by molar-refractivity contribution is 6.35. The largest absolute Gasteiger partial charge is 0.316 e. The summed E-state index contributed by atoms with van der Waals surface area (Å²) in [6.45, 7) is 2.41. The SMILES string of the molecule is CNC(Cc1ccc(Cl)cc1Cl)C1(C)CCCCC1. The van der Waals surface area contributed by atoms with Crippen molar-refractivity contribution < 1.29 is 0 Å². The molecule has 0 saturated heterocycles. The highest BCUT2D eigenvalue weighted by atomic mass is 35.5. The van der Waals surface area contributed by atoms with Crippen molar-refractivity contribution in [1.29, 1.82) is 0 Å². The zero-order valence-corrected chi connectivity index (χ0v) is 13.3. The molecule has 106 valence electrons. The van der Waals surface area contributed by atoms with Crippen LogP contribution in [0.3, 0.4) is 0 Å². The highest BCUT2D eigenvalue weighted by Gasteiger charge is 2.34. The molecule has 1 aromatic carbocycles. The number of likely N-dealkylation sites (N-methyl/N-ethyl adjacent to an activating group) is 1. The van der Waals surface area contributed by atoms with Crippen LogP contribution >= 0.6 is 23.2 Å². The Balaban J connectivity index is 2.14. The van der Waals surface area contributed by atoms with E-state index in [9.17, 15) is 0 Å². The van der Waals surface area contributed by atoms with Crippen LogP contribution in [0, 0.1) is 5.41 Å². The molecular formula is C16H23Cl2N. The molecule has 1 atom stereocenters. The zero-order valence-electron chi connectivity index (χ0n) is 11.8. The van der Waals surface area contributed by atoms with E-state index in [1.54, 1.807) is 0 Å². The third kappa shape index (κ3) is 3.65. The lowest BCUT2D eigenvalue weighted by atomic mass is 9.69. The number of hydrogen-bond donors (Lipinski definition) is 1. The van der Waals surface area contributed by atoms with E-state index in [0.717, 1.165) is 11.4 Å². The molecule has 19 heavy (non-hydrogen) atoms. The molecule has 1 aliphatic carbocycles. The van der Waals surface area contributed by atoms with Crippen molar-refractivity contribution in [2.24, 2.45) is 5.41 Å². The van der Waals surface area contributed by atoms with Gasteiger partial charge < -0.3 is 5.32 Å². The second-order valence-electron chi connectivity index (χ2n) is 6.00. The maximum absolute atomic E-state index is 6.30. The van der Waals surface area contributed by atoms with E-state index in [1.807, 2.05) is 12.1 Å². The van der Waals surface area contributed by atoms with Gasteiger partial charge in [-0.3, -0.25) is 0 Å². The van der Waals surface area contributed by atoms with Crippen LogP contribution in [0.15, 0.2) is 18.2 Å². The van der Waals surface area contributed by atoms with Crippen molar-refractivity contribution in [2.45, 2.75) is 51.5 Å². The van der Waals surface area contributed by atoms with Crippen LogP contribution in [-0.4, -0.2) is 13.1 Å². The summed E-state index contributed by atoms with van der Waals surface area (Å²) >= 11 is 12.3. The number of nitrogens with one attached hydrogen (secondary N) is 1. The predicted molar refractivity (Wildman–Crippen MR) is 84.2 cm³/mol. The Morgan fingerprint density at radius 2 is 1.89 bits per heavy atom. The minimum atomic E-state index is 0.385. The Morgan fingerprint density at radius 1 is 1.21 bits per heavy atom. The number of hydrogen-bond acceptors (Lipinski definition) is 1. The topological polar surface area (TPSA) is 12.0 Å². The summed E-state index contributed by atoms with van der Waals surface area (Å²) in [7, 11) is 2.06. The first-order valence-corrected chi connectivity index (χ1v) is 7.92. The fourth-order valence-electron chi connectivity index (χ4n) is 3.31. The van der Waals surface area contributed by atoms with Gasteiger partial charge in [-0.25, -0.2) is 0 Å². The molecule has 0 spiro atoms. The molecule has 1 saturated carbocycles. The van der Waals surface area contributed by atoms with Gasteiger partial charge in [0.25, 0.3) is 0 Å². The Kier molecular flexibility index (Phi) is 5.16. The van der Waals surface area contributed by atoms with E-state index in [1.165, 1.54) is 37.7 Å². The van der Waals surface area contributed by atoms with Crippen LogP contribution in [0.2, 0.25) is 10.0 Å². The average Bonchev–Trinajstić information content (AvgIpc) is 2.38. The van der Waals surface area contributed by atoms with Gasteiger partial charge in [-0.2, -0.15) is 0 Å².